The van der Waals surface area contributed by atoms with Crippen LogP contribution in [0.2, 0.25) is 0 Å². The number of nitrogens with zero attached hydrogens (tertiary/aromatic N) is 2. The van der Waals surface area contributed by atoms with Crippen LogP contribution >= 0.6 is 0 Å². The Hall–Kier alpha value is -2.62. The van der Waals surface area contributed by atoms with E-state index in [2.05, 4.69) is 65.3 Å². The predicted octanol–water partition coefficient (Wildman–Crippen LogP) is 9.83. The molecule has 0 bridgehead atoms. The van der Waals surface area contributed by atoms with Crippen molar-refractivity contribution in [3.8, 4) is 5.75 Å². The van der Waals surface area contributed by atoms with Gasteiger partial charge in [-0.3, -0.25) is 9.78 Å². The lowest BCUT2D eigenvalue weighted by atomic mass is 9.86. The van der Waals surface area contributed by atoms with Crippen molar-refractivity contribution in [2.75, 3.05) is 19.1 Å². The number of hydrogen-bond donors (Lipinski definition) is 0. The third kappa shape index (κ3) is 12.0. The van der Waals surface area contributed by atoms with Crippen LogP contribution < -0.4 is 9.64 Å². The zero-order valence-corrected chi connectivity index (χ0v) is 26.5. The Morgan fingerprint density at radius 3 is 2.33 bits per heavy atom. The second-order valence-corrected chi connectivity index (χ2v) is 11.3. The van der Waals surface area contributed by atoms with Crippen molar-refractivity contribution >= 4 is 12.0 Å². The van der Waals surface area contributed by atoms with E-state index < -0.39 is 0 Å². The molecular weight excluding hydrogens is 480 g/mol. The first-order valence-corrected chi connectivity index (χ1v) is 15.2. The van der Waals surface area contributed by atoms with E-state index in [1.54, 1.807) is 13.2 Å². The molecule has 0 N–H and O–H groups in total. The molecule has 0 aliphatic heterocycles. The fraction of sp³-hybridized carbons (Fsp3) is 0.600. The van der Waals surface area contributed by atoms with Gasteiger partial charge in [-0.1, -0.05) is 99.3 Å². The van der Waals surface area contributed by atoms with Gasteiger partial charge in [0.1, 0.15) is 12.0 Å². The van der Waals surface area contributed by atoms with E-state index in [1.165, 1.54) is 38.5 Å². The van der Waals surface area contributed by atoms with Gasteiger partial charge in [-0.25, -0.2) is 0 Å². The molecule has 4 heteroatoms. The van der Waals surface area contributed by atoms with E-state index in [9.17, 15) is 4.79 Å². The number of anilines is 1. The summed E-state index contributed by atoms with van der Waals surface area (Å²) in [5, 5.41) is 0. The maximum absolute atomic E-state index is 11.0. The second-order valence-electron chi connectivity index (χ2n) is 11.3. The summed E-state index contributed by atoms with van der Waals surface area (Å²) in [7, 11) is 3.73. The predicted molar refractivity (Wildman–Crippen MR) is 169 cm³/mol. The molecule has 3 rings (SSSR count). The lowest BCUT2D eigenvalue weighted by Gasteiger charge is -2.24. The number of benzene rings is 1. The van der Waals surface area contributed by atoms with E-state index in [4.69, 9.17) is 9.72 Å². The quantitative estimate of drug-likeness (QED) is 0.225. The highest BCUT2D eigenvalue weighted by molar-refractivity contribution is 5.76. The van der Waals surface area contributed by atoms with Crippen LogP contribution in [0, 0.1) is 11.3 Å². The van der Waals surface area contributed by atoms with Gasteiger partial charge in [0.15, 0.2) is 0 Å². The standard InChI is InChI=1S/C25H32N2O2.C8H18.C2H6/c1-5-6-18(2)27(3)24-14-12-22(26-23(24)13-10-19-7-8-19)16-21-11-9-20(17-28)15-25(21)29-4;1-5-7-8(3,4)6-2;1-2/h9,11-12,14-15,17,19H,2,5-8,10,13,16H2,1,3-4H3;5-7H2,1-4H3;1-2H3. The number of aromatic nitrogens is 1. The van der Waals surface area contributed by atoms with Gasteiger partial charge in [-0.2, -0.15) is 0 Å². The van der Waals surface area contributed by atoms with E-state index >= 15 is 0 Å². The van der Waals surface area contributed by atoms with Gasteiger partial charge >= 0.3 is 0 Å². The zero-order valence-electron chi connectivity index (χ0n) is 26.5. The molecular formula is C35H56N2O2. The Labute approximate surface area is 240 Å². The molecule has 4 nitrogen and oxygen atoms in total. The van der Waals surface area contributed by atoms with Gasteiger partial charge in [0.05, 0.1) is 18.5 Å². The Balaban J connectivity index is 0.000000654. The molecule has 2 aromatic rings. The highest BCUT2D eigenvalue weighted by Crippen LogP contribution is 2.35. The van der Waals surface area contributed by atoms with Crippen LogP contribution in [-0.4, -0.2) is 25.4 Å². The van der Waals surface area contributed by atoms with Gasteiger partial charge in [0.2, 0.25) is 0 Å². The summed E-state index contributed by atoms with van der Waals surface area (Å²) in [4.78, 5) is 18.3. The number of methoxy groups -OCH3 is 1. The average molecular weight is 537 g/mol. The highest BCUT2D eigenvalue weighted by atomic mass is 16.5. The monoisotopic (exact) mass is 536 g/mol. The van der Waals surface area contributed by atoms with Crippen molar-refractivity contribution in [3.05, 3.63) is 65.1 Å². The van der Waals surface area contributed by atoms with Gasteiger partial charge < -0.3 is 9.64 Å². The van der Waals surface area contributed by atoms with Gasteiger partial charge in [0.25, 0.3) is 0 Å². The van der Waals surface area contributed by atoms with E-state index in [0.29, 0.717) is 17.4 Å². The minimum absolute atomic E-state index is 0.592. The molecule has 1 saturated carbocycles. The van der Waals surface area contributed by atoms with E-state index in [0.717, 1.165) is 65.6 Å². The minimum Gasteiger partial charge on any atom is -0.496 e. The summed E-state index contributed by atoms with van der Waals surface area (Å²) in [6, 6.07) is 9.84. The van der Waals surface area contributed by atoms with E-state index in [-0.39, 0.29) is 0 Å². The van der Waals surface area contributed by atoms with Crippen molar-refractivity contribution < 1.29 is 9.53 Å². The van der Waals surface area contributed by atoms with Crippen LogP contribution in [-0.2, 0) is 12.8 Å². The Kier molecular flexibility index (Phi) is 15.8. The number of carbonyl (C=O) groups is 1. The van der Waals surface area contributed by atoms with Crippen molar-refractivity contribution in [1.82, 2.24) is 4.98 Å². The molecule has 0 saturated heterocycles. The number of ether oxygens (including phenoxy) is 1. The topological polar surface area (TPSA) is 42.4 Å². The van der Waals surface area contributed by atoms with Crippen LogP contribution in [0.15, 0.2) is 42.6 Å². The SMILES string of the molecule is C=C(CCC)N(C)c1ccc(Cc2ccc(C=O)cc2OC)nc1CCC1CC1.CC.CCCC(C)(C)CC. The molecule has 1 fully saturated rings. The second kappa shape index (κ2) is 17.9. The maximum atomic E-state index is 11.0. The summed E-state index contributed by atoms with van der Waals surface area (Å²) in [5.74, 6) is 1.60. The van der Waals surface area contributed by atoms with Crippen LogP contribution in [0.3, 0.4) is 0 Å². The van der Waals surface area contributed by atoms with Gasteiger partial charge in [-0.05, 0) is 55.2 Å². The van der Waals surface area contributed by atoms with Crippen molar-refractivity contribution in [2.24, 2.45) is 11.3 Å². The minimum atomic E-state index is 0.592. The normalized spacial score (nSPS) is 12.4. The zero-order chi connectivity index (χ0) is 29.4. The van der Waals surface area contributed by atoms with Crippen LogP contribution in [0.5, 0.6) is 5.75 Å². The molecule has 39 heavy (non-hydrogen) atoms. The molecule has 0 spiro atoms. The fourth-order valence-corrected chi connectivity index (χ4v) is 4.53. The number of aldehydes is 1. The van der Waals surface area contributed by atoms with Crippen molar-refractivity contribution in [2.45, 2.75) is 113 Å². The Bertz CT molecular complexity index is 1010. The van der Waals surface area contributed by atoms with E-state index in [1.807, 2.05) is 26.0 Å². The Morgan fingerprint density at radius 2 is 1.82 bits per heavy atom. The van der Waals surface area contributed by atoms with Gasteiger partial charge in [-0.15, -0.1) is 0 Å². The third-order valence-corrected chi connectivity index (χ3v) is 7.57. The lowest BCUT2D eigenvalue weighted by Crippen LogP contribution is -2.18. The first-order chi connectivity index (χ1) is 18.7. The van der Waals surface area contributed by atoms with Crippen molar-refractivity contribution in [3.63, 3.8) is 0 Å². The molecule has 0 atom stereocenters. The number of allylic oxidation sites excluding steroid dienone is 1. The molecule has 1 aromatic carbocycles. The molecule has 218 valence electrons. The lowest BCUT2D eigenvalue weighted by molar-refractivity contribution is 0.112. The first-order valence-electron chi connectivity index (χ1n) is 15.2. The van der Waals surface area contributed by atoms with Crippen LogP contribution in [0.4, 0.5) is 5.69 Å². The molecule has 1 aliphatic rings. The molecule has 0 unspecified atom stereocenters. The number of hydrogen-bond acceptors (Lipinski definition) is 4. The largest absolute Gasteiger partial charge is 0.496 e. The molecule has 1 aromatic heterocycles. The number of pyridine rings is 1. The molecule has 1 heterocycles. The fourth-order valence-electron chi connectivity index (χ4n) is 4.53. The molecule has 1 aliphatic carbocycles. The number of carbonyl (C=O) groups excluding carboxylic acids is 1. The Morgan fingerprint density at radius 1 is 1.13 bits per heavy atom. The highest BCUT2D eigenvalue weighted by Gasteiger charge is 2.22. The third-order valence-electron chi connectivity index (χ3n) is 7.57. The number of rotatable bonds is 14. The van der Waals surface area contributed by atoms with Gasteiger partial charge in [0, 0.05) is 36.0 Å². The summed E-state index contributed by atoms with van der Waals surface area (Å²) >= 11 is 0. The summed E-state index contributed by atoms with van der Waals surface area (Å²) < 4.78 is 5.49. The van der Waals surface area contributed by atoms with Crippen LogP contribution in [0.1, 0.15) is 127 Å². The number of aryl methyl sites for hydroxylation is 1. The average Bonchev–Trinajstić information content (AvgIpc) is 3.78. The summed E-state index contributed by atoms with van der Waals surface area (Å²) in [5.41, 5.74) is 6.71. The first kappa shape index (κ1) is 34.4. The maximum Gasteiger partial charge on any atom is 0.150 e. The molecule has 0 amide bonds. The molecule has 0 radical (unpaired) electrons. The summed E-state index contributed by atoms with van der Waals surface area (Å²) in [6.45, 7) is 19.6. The summed E-state index contributed by atoms with van der Waals surface area (Å²) in [6.07, 6.45) is 12.5. The van der Waals surface area contributed by atoms with Crippen LogP contribution in [0.25, 0.3) is 0 Å². The smallest absolute Gasteiger partial charge is 0.150 e. The van der Waals surface area contributed by atoms with Crippen molar-refractivity contribution in [1.29, 1.82) is 0 Å².